The van der Waals surface area contributed by atoms with Crippen LogP contribution in [0.3, 0.4) is 0 Å². The predicted molar refractivity (Wildman–Crippen MR) is 83.0 cm³/mol. The zero-order chi connectivity index (χ0) is 14.4. The number of benzene rings is 1. The van der Waals surface area contributed by atoms with E-state index in [1.54, 1.807) is 17.8 Å². The Hall–Kier alpha value is -0.710. The van der Waals surface area contributed by atoms with Crippen LogP contribution in [0.2, 0.25) is 5.02 Å². The summed E-state index contributed by atoms with van der Waals surface area (Å²) in [5, 5.41) is 12.3. The summed E-state index contributed by atoms with van der Waals surface area (Å²) in [6, 6.07) is 5.46. The highest BCUT2D eigenvalue weighted by Crippen LogP contribution is 2.24. The van der Waals surface area contributed by atoms with E-state index in [-0.39, 0.29) is 23.7 Å². The number of aliphatic hydroxyl groups is 1. The van der Waals surface area contributed by atoms with Crippen molar-refractivity contribution < 1.29 is 9.90 Å². The van der Waals surface area contributed by atoms with Crippen LogP contribution in [0.15, 0.2) is 18.2 Å². The molecule has 0 fully saturated rings. The summed E-state index contributed by atoms with van der Waals surface area (Å²) < 4.78 is 0. The Morgan fingerprint density at radius 1 is 1.47 bits per heavy atom. The van der Waals surface area contributed by atoms with Crippen LogP contribution in [0.5, 0.6) is 0 Å². The molecule has 0 saturated heterocycles. The van der Waals surface area contributed by atoms with Crippen LogP contribution in [0.25, 0.3) is 0 Å². The minimum absolute atomic E-state index is 0.0412. The molecule has 0 aliphatic heterocycles. The summed E-state index contributed by atoms with van der Waals surface area (Å²) >= 11 is 7.56. The van der Waals surface area contributed by atoms with Crippen molar-refractivity contribution in [2.24, 2.45) is 5.92 Å². The monoisotopic (exact) mass is 301 g/mol. The van der Waals surface area contributed by atoms with Crippen molar-refractivity contribution in [3.05, 3.63) is 28.8 Å². The number of hydrogen-bond donors (Lipinski definition) is 2. The Morgan fingerprint density at radius 3 is 2.79 bits per heavy atom. The van der Waals surface area contributed by atoms with Crippen molar-refractivity contribution in [2.75, 3.05) is 17.7 Å². The lowest BCUT2D eigenvalue weighted by Gasteiger charge is -2.15. The minimum atomic E-state index is -0.160. The second-order valence-electron chi connectivity index (χ2n) is 4.66. The highest BCUT2D eigenvalue weighted by Gasteiger charge is 2.16. The van der Waals surface area contributed by atoms with Crippen LogP contribution >= 0.6 is 23.4 Å². The molecule has 2 atom stereocenters. The van der Waals surface area contributed by atoms with E-state index >= 15 is 0 Å². The Kier molecular flexibility index (Phi) is 6.69. The fourth-order valence-corrected chi connectivity index (χ4v) is 2.52. The van der Waals surface area contributed by atoms with Crippen molar-refractivity contribution >= 4 is 35.0 Å². The second kappa shape index (κ2) is 7.78. The number of hydrogen-bond acceptors (Lipinski definition) is 3. The molecule has 0 heterocycles. The van der Waals surface area contributed by atoms with Crippen molar-refractivity contribution in [2.45, 2.75) is 26.0 Å². The van der Waals surface area contributed by atoms with Gasteiger partial charge in [0.25, 0.3) is 0 Å². The molecule has 1 aromatic carbocycles. The van der Waals surface area contributed by atoms with E-state index in [1.807, 2.05) is 32.9 Å². The maximum atomic E-state index is 12.0. The van der Waals surface area contributed by atoms with Gasteiger partial charge in [0.2, 0.25) is 5.91 Å². The van der Waals surface area contributed by atoms with Crippen molar-refractivity contribution in [1.82, 2.24) is 0 Å². The molecule has 106 valence electrons. The summed E-state index contributed by atoms with van der Waals surface area (Å²) in [4.78, 5) is 12.0. The fraction of sp³-hybridized carbons (Fsp3) is 0.500. The van der Waals surface area contributed by atoms with Gasteiger partial charge in [-0.05, 0) is 43.2 Å². The van der Waals surface area contributed by atoms with Gasteiger partial charge in [-0.3, -0.25) is 4.79 Å². The summed E-state index contributed by atoms with van der Waals surface area (Å²) in [6.45, 7) is 5.85. The van der Waals surface area contributed by atoms with Gasteiger partial charge in [-0.15, -0.1) is 11.8 Å². The zero-order valence-corrected chi connectivity index (χ0v) is 13.0. The third-order valence-electron chi connectivity index (χ3n) is 2.84. The molecule has 0 aliphatic rings. The molecule has 0 spiro atoms. The van der Waals surface area contributed by atoms with Gasteiger partial charge in [-0.2, -0.15) is 0 Å². The molecule has 1 rings (SSSR count). The molecule has 3 nitrogen and oxygen atoms in total. The molecular formula is C14H20ClNO2S. The molecule has 0 saturated carbocycles. The van der Waals surface area contributed by atoms with Crippen LogP contribution < -0.4 is 5.32 Å². The smallest absolute Gasteiger partial charge is 0.237 e. The number of nitrogens with one attached hydrogen (secondary N) is 1. The average molecular weight is 302 g/mol. The van der Waals surface area contributed by atoms with Crippen LogP contribution in [-0.4, -0.2) is 28.6 Å². The lowest BCUT2D eigenvalue weighted by atomic mass is 10.2. The molecule has 1 amide bonds. The number of aliphatic hydroxyl groups excluding tert-OH is 1. The Labute approximate surface area is 123 Å². The van der Waals surface area contributed by atoms with Gasteiger partial charge < -0.3 is 10.4 Å². The van der Waals surface area contributed by atoms with E-state index in [2.05, 4.69) is 5.32 Å². The highest BCUT2D eigenvalue weighted by molar-refractivity contribution is 8.00. The standard InChI is InChI=1S/C14H20ClNO2S/c1-9(7-17)8-19-11(3)14(18)16-13-6-4-5-12(15)10(13)2/h4-6,9,11,17H,7-8H2,1-3H3,(H,16,18). The topological polar surface area (TPSA) is 49.3 Å². The third kappa shape index (κ3) is 5.05. The number of halogens is 1. The summed E-state index contributed by atoms with van der Waals surface area (Å²) in [7, 11) is 0. The first kappa shape index (κ1) is 16.3. The van der Waals surface area contributed by atoms with Crippen LogP contribution in [-0.2, 0) is 4.79 Å². The maximum Gasteiger partial charge on any atom is 0.237 e. The molecule has 0 radical (unpaired) electrons. The van der Waals surface area contributed by atoms with E-state index in [1.165, 1.54) is 0 Å². The van der Waals surface area contributed by atoms with Gasteiger partial charge in [-0.1, -0.05) is 24.6 Å². The Bertz CT molecular complexity index is 439. The average Bonchev–Trinajstić information content (AvgIpc) is 2.40. The van der Waals surface area contributed by atoms with Crippen molar-refractivity contribution in [1.29, 1.82) is 0 Å². The lowest BCUT2D eigenvalue weighted by molar-refractivity contribution is -0.115. The third-order valence-corrected chi connectivity index (χ3v) is 4.72. The minimum Gasteiger partial charge on any atom is -0.396 e. The number of carbonyl (C=O) groups excluding carboxylic acids is 1. The molecule has 0 aromatic heterocycles. The molecular weight excluding hydrogens is 282 g/mol. The van der Waals surface area contributed by atoms with Crippen LogP contribution in [0.1, 0.15) is 19.4 Å². The SMILES string of the molecule is Cc1c(Cl)cccc1NC(=O)C(C)SCC(C)CO. The van der Waals surface area contributed by atoms with E-state index in [0.717, 1.165) is 17.0 Å². The van der Waals surface area contributed by atoms with Gasteiger partial charge in [0.1, 0.15) is 0 Å². The van der Waals surface area contributed by atoms with Gasteiger partial charge in [0.15, 0.2) is 0 Å². The number of anilines is 1. The maximum absolute atomic E-state index is 12.0. The normalized spacial score (nSPS) is 13.9. The quantitative estimate of drug-likeness (QED) is 0.847. The molecule has 19 heavy (non-hydrogen) atoms. The first-order valence-electron chi connectivity index (χ1n) is 6.24. The first-order valence-corrected chi connectivity index (χ1v) is 7.66. The van der Waals surface area contributed by atoms with E-state index in [9.17, 15) is 4.79 Å². The fourth-order valence-electron chi connectivity index (χ4n) is 1.41. The largest absolute Gasteiger partial charge is 0.396 e. The van der Waals surface area contributed by atoms with Gasteiger partial charge in [-0.25, -0.2) is 0 Å². The van der Waals surface area contributed by atoms with Gasteiger partial charge in [0.05, 0.1) is 5.25 Å². The van der Waals surface area contributed by atoms with E-state index < -0.39 is 0 Å². The zero-order valence-electron chi connectivity index (χ0n) is 11.4. The number of rotatable bonds is 6. The van der Waals surface area contributed by atoms with Crippen molar-refractivity contribution in [3.8, 4) is 0 Å². The summed E-state index contributed by atoms with van der Waals surface area (Å²) in [6.07, 6.45) is 0. The molecule has 2 unspecified atom stereocenters. The van der Waals surface area contributed by atoms with E-state index in [4.69, 9.17) is 16.7 Å². The molecule has 0 bridgehead atoms. The van der Waals surface area contributed by atoms with Gasteiger partial charge in [0, 0.05) is 17.3 Å². The Balaban J connectivity index is 2.56. The molecule has 1 aromatic rings. The second-order valence-corrected chi connectivity index (χ2v) is 6.45. The van der Waals surface area contributed by atoms with E-state index in [0.29, 0.717) is 5.02 Å². The van der Waals surface area contributed by atoms with Gasteiger partial charge >= 0.3 is 0 Å². The number of thioether (sulfide) groups is 1. The first-order chi connectivity index (χ1) is 8.95. The lowest BCUT2D eigenvalue weighted by Crippen LogP contribution is -2.24. The summed E-state index contributed by atoms with van der Waals surface area (Å²) in [5.41, 5.74) is 1.62. The molecule has 2 N–H and O–H groups in total. The predicted octanol–water partition coefficient (Wildman–Crippen LogP) is 3.34. The van der Waals surface area contributed by atoms with Crippen LogP contribution in [0, 0.1) is 12.8 Å². The molecule has 5 heteroatoms. The van der Waals surface area contributed by atoms with Crippen molar-refractivity contribution in [3.63, 3.8) is 0 Å². The van der Waals surface area contributed by atoms with Crippen LogP contribution in [0.4, 0.5) is 5.69 Å². The Morgan fingerprint density at radius 2 is 2.16 bits per heavy atom. The highest BCUT2D eigenvalue weighted by atomic mass is 35.5. The number of carbonyl (C=O) groups is 1. The number of amides is 1. The molecule has 0 aliphatic carbocycles. The summed E-state index contributed by atoms with van der Waals surface area (Å²) in [5.74, 6) is 0.924.